The molecule has 0 bridgehead atoms. The minimum absolute atomic E-state index is 0.166. The molecule has 0 aliphatic rings. The number of carbonyl (C=O) groups excluding carboxylic acids is 2. The van der Waals surface area contributed by atoms with Crippen molar-refractivity contribution in [2.45, 2.75) is 19.6 Å². The van der Waals surface area contributed by atoms with Gasteiger partial charge >= 0.3 is 5.97 Å². The number of hydrogen-bond donors (Lipinski definition) is 1. The van der Waals surface area contributed by atoms with Crippen LogP contribution in [0.3, 0.4) is 0 Å². The summed E-state index contributed by atoms with van der Waals surface area (Å²) >= 11 is 2.70. The number of nitrogens with one attached hydrogen (secondary N) is 1. The lowest BCUT2D eigenvalue weighted by Gasteiger charge is -2.05. The third-order valence-corrected chi connectivity index (χ3v) is 4.82. The van der Waals surface area contributed by atoms with E-state index in [0.717, 1.165) is 17.0 Å². The molecule has 2 aromatic rings. The highest BCUT2D eigenvalue weighted by molar-refractivity contribution is 7.99. The highest BCUT2D eigenvalue weighted by Crippen LogP contribution is 2.24. The zero-order valence-corrected chi connectivity index (χ0v) is 14.1. The first kappa shape index (κ1) is 16.6. The lowest BCUT2D eigenvalue weighted by atomic mass is 10.2. The van der Waals surface area contributed by atoms with Gasteiger partial charge < -0.3 is 14.6 Å². The van der Waals surface area contributed by atoms with Crippen LogP contribution in [0.2, 0.25) is 0 Å². The van der Waals surface area contributed by atoms with Crippen LogP contribution in [0.5, 0.6) is 0 Å². The Kier molecular flexibility index (Phi) is 5.62. The van der Waals surface area contributed by atoms with E-state index in [1.807, 2.05) is 13.8 Å². The van der Waals surface area contributed by atoms with Gasteiger partial charge in [0.1, 0.15) is 10.6 Å². The normalized spacial score (nSPS) is 10.5. The van der Waals surface area contributed by atoms with Crippen LogP contribution in [0.15, 0.2) is 16.0 Å². The van der Waals surface area contributed by atoms with E-state index in [1.165, 1.54) is 30.2 Å². The lowest BCUT2D eigenvalue weighted by Crippen LogP contribution is -2.16. The Bertz CT molecular complexity index is 659. The van der Waals surface area contributed by atoms with E-state index >= 15 is 0 Å². The Labute approximate surface area is 136 Å². The second-order valence-corrected chi connectivity index (χ2v) is 6.40. The maximum absolute atomic E-state index is 12.0. The lowest BCUT2D eigenvalue weighted by molar-refractivity contribution is -0.113. The summed E-state index contributed by atoms with van der Waals surface area (Å²) < 4.78 is 9.75. The maximum Gasteiger partial charge on any atom is 0.350 e. The molecule has 8 heteroatoms. The average molecular weight is 340 g/mol. The van der Waals surface area contributed by atoms with E-state index in [4.69, 9.17) is 4.52 Å². The topological polar surface area (TPSA) is 81.4 Å². The molecule has 2 rings (SSSR count). The molecular weight excluding hydrogens is 324 g/mol. The summed E-state index contributed by atoms with van der Waals surface area (Å²) in [7, 11) is 1.31. The summed E-state index contributed by atoms with van der Waals surface area (Å²) in [6.07, 6.45) is 0. The molecular formula is C14H16N2O4S2. The SMILES string of the molecule is COC(=O)c1sccc1NC(=O)CSCc1c(C)noc1C. The molecule has 1 N–H and O–H groups in total. The van der Waals surface area contributed by atoms with E-state index in [9.17, 15) is 9.59 Å². The molecule has 0 radical (unpaired) electrons. The number of aromatic nitrogens is 1. The van der Waals surface area contributed by atoms with Crippen molar-refractivity contribution < 1.29 is 18.8 Å². The second-order valence-electron chi connectivity index (χ2n) is 4.50. The molecule has 0 aliphatic heterocycles. The molecule has 2 heterocycles. The molecule has 0 saturated heterocycles. The first-order valence-corrected chi connectivity index (χ1v) is 8.51. The van der Waals surface area contributed by atoms with Gasteiger partial charge in [-0.2, -0.15) is 0 Å². The van der Waals surface area contributed by atoms with Crippen LogP contribution in [-0.4, -0.2) is 29.9 Å². The molecule has 118 valence electrons. The van der Waals surface area contributed by atoms with Crippen molar-refractivity contribution in [3.8, 4) is 0 Å². The molecule has 22 heavy (non-hydrogen) atoms. The number of nitrogens with zero attached hydrogens (tertiary/aromatic N) is 1. The van der Waals surface area contributed by atoms with E-state index in [-0.39, 0.29) is 11.7 Å². The predicted molar refractivity (Wildman–Crippen MR) is 86.4 cm³/mol. The molecule has 1 amide bonds. The standard InChI is InChI=1S/C14H16N2O4S2/c1-8-10(9(2)20-16-8)6-21-7-12(17)15-11-4-5-22-13(11)14(18)19-3/h4-5H,6-7H2,1-3H3,(H,15,17). The Morgan fingerprint density at radius 2 is 2.23 bits per heavy atom. The number of thiophene rings is 1. The summed E-state index contributed by atoms with van der Waals surface area (Å²) in [5.41, 5.74) is 2.35. The summed E-state index contributed by atoms with van der Waals surface area (Å²) in [6, 6.07) is 1.69. The second kappa shape index (κ2) is 7.46. The summed E-state index contributed by atoms with van der Waals surface area (Å²) in [6.45, 7) is 3.73. The maximum atomic E-state index is 12.0. The van der Waals surface area contributed by atoms with Gasteiger partial charge in [0.2, 0.25) is 5.91 Å². The number of carbonyl (C=O) groups is 2. The first-order valence-electron chi connectivity index (χ1n) is 6.48. The molecule has 0 aromatic carbocycles. The number of aryl methyl sites for hydroxylation is 2. The summed E-state index contributed by atoms with van der Waals surface area (Å²) in [4.78, 5) is 23.9. The molecule has 0 spiro atoms. The Hall–Kier alpha value is -1.80. The Morgan fingerprint density at radius 1 is 1.45 bits per heavy atom. The van der Waals surface area contributed by atoms with Crippen molar-refractivity contribution in [2.75, 3.05) is 18.2 Å². The Morgan fingerprint density at radius 3 is 2.86 bits per heavy atom. The van der Waals surface area contributed by atoms with Gasteiger partial charge in [0.15, 0.2) is 0 Å². The van der Waals surface area contributed by atoms with Crippen molar-refractivity contribution in [3.63, 3.8) is 0 Å². The average Bonchev–Trinajstić information content (AvgIpc) is 3.07. The van der Waals surface area contributed by atoms with Crippen molar-refractivity contribution >= 4 is 40.7 Å². The van der Waals surface area contributed by atoms with E-state index < -0.39 is 5.97 Å². The van der Waals surface area contributed by atoms with Crippen LogP contribution in [0.25, 0.3) is 0 Å². The highest BCUT2D eigenvalue weighted by atomic mass is 32.2. The molecule has 6 nitrogen and oxygen atoms in total. The Balaban J connectivity index is 1.86. The van der Waals surface area contributed by atoms with Crippen LogP contribution in [0, 0.1) is 13.8 Å². The van der Waals surface area contributed by atoms with Gasteiger partial charge in [0, 0.05) is 11.3 Å². The number of esters is 1. The largest absolute Gasteiger partial charge is 0.465 e. The third kappa shape index (κ3) is 3.89. The zero-order chi connectivity index (χ0) is 16.1. The van der Waals surface area contributed by atoms with Gasteiger partial charge in [-0.05, 0) is 25.3 Å². The number of hydrogen-bond acceptors (Lipinski definition) is 7. The molecule has 0 aliphatic carbocycles. The first-order chi connectivity index (χ1) is 10.5. The summed E-state index contributed by atoms with van der Waals surface area (Å²) in [5.74, 6) is 1.09. The molecule has 0 fully saturated rings. The number of ether oxygens (including phenoxy) is 1. The smallest absolute Gasteiger partial charge is 0.350 e. The quantitative estimate of drug-likeness (QED) is 0.814. The molecule has 0 atom stereocenters. The van der Waals surface area contributed by atoms with Gasteiger partial charge in [-0.25, -0.2) is 4.79 Å². The minimum atomic E-state index is -0.450. The fourth-order valence-electron chi connectivity index (χ4n) is 1.80. The van der Waals surface area contributed by atoms with E-state index in [2.05, 4.69) is 15.2 Å². The number of methoxy groups -OCH3 is 1. The fourth-order valence-corrected chi connectivity index (χ4v) is 3.54. The summed E-state index contributed by atoms with van der Waals surface area (Å²) in [5, 5.41) is 8.34. The zero-order valence-electron chi connectivity index (χ0n) is 12.5. The molecule has 2 aromatic heterocycles. The van der Waals surface area contributed by atoms with Crippen LogP contribution < -0.4 is 5.32 Å². The van der Waals surface area contributed by atoms with Crippen LogP contribution in [0.1, 0.15) is 26.7 Å². The van der Waals surface area contributed by atoms with Crippen molar-refractivity contribution in [1.82, 2.24) is 5.16 Å². The van der Waals surface area contributed by atoms with Gasteiger partial charge in [-0.15, -0.1) is 23.1 Å². The number of rotatable bonds is 6. The molecule has 0 saturated carbocycles. The number of amides is 1. The molecule has 0 unspecified atom stereocenters. The third-order valence-electron chi connectivity index (χ3n) is 2.97. The fraction of sp³-hybridized carbons (Fsp3) is 0.357. The van der Waals surface area contributed by atoms with Crippen molar-refractivity contribution in [1.29, 1.82) is 0 Å². The van der Waals surface area contributed by atoms with Gasteiger partial charge in [-0.1, -0.05) is 5.16 Å². The minimum Gasteiger partial charge on any atom is -0.465 e. The van der Waals surface area contributed by atoms with Crippen LogP contribution in [0.4, 0.5) is 5.69 Å². The van der Waals surface area contributed by atoms with Gasteiger partial charge in [-0.3, -0.25) is 4.79 Å². The monoisotopic (exact) mass is 340 g/mol. The van der Waals surface area contributed by atoms with E-state index in [0.29, 0.717) is 16.3 Å². The number of thioether (sulfide) groups is 1. The van der Waals surface area contributed by atoms with Crippen molar-refractivity contribution in [2.24, 2.45) is 0 Å². The van der Waals surface area contributed by atoms with E-state index in [1.54, 1.807) is 11.4 Å². The van der Waals surface area contributed by atoms with Crippen molar-refractivity contribution in [3.05, 3.63) is 33.3 Å². The predicted octanol–water partition coefficient (Wildman–Crippen LogP) is 3.01. The van der Waals surface area contributed by atoms with Crippen LogP contribution >= 0.6 is 23.1 Å². The highest BCUT2D eigenvalue weighted by Gasteiger charge is 2.16. The van der Waals surface area contributed by atoms with Gasteiger partial charge in [0.05, 0.1) is 24.2 Å². The van der Waals surface area contributed by atoms with Crippen LogP contribution in [-0.2, 0) is 15.3 Å². The number of anilines is 1. The van der Waals surface area contributed by atoms with Gasteiger partial charge in [0.25, 0.3) is 0 Å².